The maximum Gasteiger partial charge on any atom is 0.0886 e. The zero-order valence-corrected chi connectivity index (χ0v) is 11.0. The number of nitrogens with zero attached hydrogens (tertiary/aromatic N) is 3. The van der Waals surface area contributed by atoms with E-state index < -0.39 is 0 Å². The predicted molar refractivity (Wildman–Crippen MR) is 76.9 cm³/mol. The fourth-order valence-electron chi connectivity index (χ4n) is 2.14. The molecule has 0 saturated heterocycles. The van der Waals surface area contributed by atoms with Crippen molar-refractivity contribution < 1.29 is 5.11 Å². The second-order valence-corrected chi connectivity index (χ2v) is 4.54. The van der Waals surface area contributed by atoms with E-state index in [2.05, 4.69) is 22.2 Å². The Morgan fingerprint density at radius 3 is 2.50 bits per heavy atom. The number of pyridine rings is 1. The molecular weight excluding hydrogens is 250 g/mol. The van der Waals surface area contributed by atoms with Crippen LogP contribution >= 0.6 is 0 Å². The minimum absolute atomic E-state index is 0.0678. The van der Waals surface area contributed by atoms with Crippen LogP contribution in [-0.2, 0) is 13.2 Å². The first kappa shape index (κ1) is 12.6. The van der Waals surface area contributed by atoms with Gasteiger partial charge < -0.3 is 5.11 Å². The molecule has 2 aromatic heterocycles. The van der Waals surface area contributed by atoms with Gasteiger partial charge in [-0.1, -0.05) is 36.4 Å². The van der Waals surface area contributed by atoms with Gasteiger partial charge in [-0.3, -0.25) is 9.67 Å². The Balaban J connectivity index is 2.00. The summed E-state index contributed by atoms with van der Waals surface area (Å²) in [7, 11) is 0. The largest absolute Gasteiger partial charge is 0.390 e. The Kier molecular flexibility index (Phi) is 3.56. The Labute approximate surface area is 117 Å². The molecule has 0 spiro atoms. The quantitative estimate of drug-likeness (QED) is 0.788. The van der Waals surface area contributed by atoms with E-state index in [1.165, 1.54) is 0 Å². The van der Waals surface area contributed by atoms with Gasteiger partial charge in [-0.15, -0.1) is 0 Å². The zero-order chi connectivity index (χ0) is 13.8. The average Bonchev–Trinajstić information content (AvgIpc) is 2.92. The van der Waals surface area contributed by atoms with Crippen LogP contribution in [0.3, 0.4) is 0 Å². The van der Waals surface area contributed by atoms with Gasteiger partial charge in [0.15, 0.2) is 0 Å². The van der Waals surface area contributed by atoms with Crippen molar-refractivity contribution in [3.05, 3.63) is 72.1 Å². The molecule has 0 aliphatic carbocycles. The molecule has 3 aromatic rings. The van der Waals surface area contributed by atoms with Gasteiger partial charge in [-0.2, -0.15) is 5.10 Å². The smallest absolute Gasteiger partial charge is 0.0886 e. The van der Waals surface area contributed by atoms with E-state index >= 15 is 0 Å². The molecule has 0 amide bonds. The Hall–Kier alpha value is -2.46. The summed E-state index contributed by atoms with van der Waals surface area (Å²) in [6.45, 7) is 0.592. The van der Waals surface area contributed by atoms with Gasteiger partial charge in [0, 0.05) is 6.20 Å². The summed E-state index contributed by atoms with van der Waals surface area (Å²) in [5.41, 5.74) is 3.59. The van der Waals surface area contributed by atoms with Crippen LogP contribution in [0.4, 0.5) is 0 Å². The second-order valence-electron chi connectivity index (χ2n) is 4.54. The van der Waals surface area contributed by atoms with Crippen LogP contribution in [0.2, 0.25) is 0 Å². The molecule has 100 valence electrons. The van der Waals surface area contributed by atoms with Crippen molar-refractivity contribution in [3.8, 4) is 11.4 Å². The van der Waals surface area contributed by atoms with Crippen LogP contribution in [0.1, 0.15) is 11.3 Å². The van der Waals surface area contributed by atoms with Crippen LogP contribution in [-0.4, -0.2) is 19.9 Å². The van der Waals surface area contributed by atoms with E-state index in [-0.39, 0.29) is 6.61 Å². The fraction of sp³-hybridized carbons (Fsp3) is 0.125. The van der Waals surface area contributed by atoms with E-state index in [4.69, 9.17) is 0 Å². The van der Waals surface area contributed by atoms with Crippen LogP contribution in [0.15, 0.2) is 60.8 Å². The molecule has 20 heavy (non-hydrogen) atoms. The van der Waals surface area contributed by atoms with Crippen molar-refractivity contribution in [2.45, 2.75) is 13.2 Å². The van der Waals surface area contributed by atoms with Gasteiger partial charge in [-0.25, -0.2) is 0 Å². The molecule has 1 aromatic carbocycles. The molecule has 0 atom stereocenters. The molecular formula is C16H15N3O. The number of hydrogen-bond donors (Lipinski definition) is 1. The minimum Gasteiger partial charge on any atom is -0.390 e. The SMILES string of the molecule is OCc1cc(-c2ccccn2)n(Cc2ccccc2)n1. The molecule has 0 fully saturated rings. The van der Waals surface area contributed by atoms with Gasteiger partial charge in [0.05, 0.1) is 30.2 Å². The van der Waals surface area contributed by atoms with Crippen molar-refractivity contribution >= 4 is 0 Å². The Morgan fingerprint density at radius 2 is 1.80 bits per heavy atom. The van der Waals surface area contributed by atoms with Crippen LogP contribution in [0.25, 0.3) is 11.4 Å². The lowest BCUT2D eigenvalue weighted by molar-refractivity contribution is 0.275. The number of hydrogen-bond acceptors (Lipinski definition) is 3. The Bertz CT molecular complexity index is 677. The van der Waals surface area contributed by atoms with Crippen molar-refractivity contribution in [2.75, 3.05) is 0 Å². The highest BCUT2D eigenvalue weighted by Gasteiger charge is 2.10. The predicted octanol–water partition coefficient (Wildman–Crippen LogP) is 2.49. The summed E-state index contributed by atoms with van der Waals surface area (Å²) in [5, 5.41) is 13.7. The molecule has 2 heterocycles. The fourth-order valence-corrected chi connectivity index (χ4v) is 2.14. The normalized spacial score (nSPS) is 10.7. The molecule has 4 nitrogen and oxygen atoms in total. The third-order valence-electron chi connectivity index (χ3n) is 3.10. The first-order valence-corrected chi connectivity index (χ1v) is 6.50. The summed E-state index contributed by atoms with van der Waals surface area (Å²) in [6.07, 6.45) is 1.76. The average molecular weight is 265 g/mol. The van der Waals surface area contributed by atoms with E-state index in [0.29, 0.717) is 12.2 Å². The first-order valence-electron chi connectivity index (χ1n) is 6.50. The summed E-state index contributed by atoms with van der Waals surface area (Å²) in [6, 6.07) is 17.8. The maximum absolute atomic E-state index is 9.29. The molecule has 0 bridgehead atoms. The molecule has 1 N–H and O–H groups in total. The van der Waals surface area contributed by atoms with E-state index in [9.17, 15) is 5.11 Å². The molecule has 3 rings (SSSR count). The summed E-state index contributed by atoms with van der Waals surface area (Å²) < 4.78 is 1.88. The zero-order valence-electron chi connectivity index (χ0n) is 11.0. The van der Waals surface area contributed by atoms with Crippen molar-refractivity contribution in [2.24, 2.45) is 0 Å². The van der Waals surface area contributed by atoms with Crippen molar-refractivity contribution in [3.63, 3.8) is 0 Å². The van der Waals surface area contributed by atoms with Crippen molar-refractivity contribution in [1.82, 2.24) is 14.8 Å². The van der Waals surface area contributed by atoms with E-state index in [0.717, 1.165) is 17.0 Å². The number of aliphatic hydroxyl groups excluding tert-OH is 1. The van der Waals surface area contributed by atoms with Gasteiger partial charge >= 0.3 is 0 Å². The van der Waals surface area contributed by atoms with Crippen LogP contribution in [0.5, 0.6) is 0 Å². The number of rotatable bonds is 4. The standard InChI is InChI=1S/C16H15N3O/c20-12-14-10-16(15-8-4-5-9-17-15)19(18-14)11-13-6-2-1-3-7-13/h1-10,20H,11-12H2. The summed E-state index contributed by atoms with van der Waals surface area (Å²) >= 11 is 0. The lowest BCUT2D eigenvalue weighted by atomic mass is 10.2. The monoisotopic (exact) mass is 265 g/mol. The van der Waals surface area contributed by atoms with Gasteiger partial charge in [-0.05, 0) is 23.8 Å². The summed E-state index contributed by atoms with van der Waals surface area (Å²) in [5.74, 6) is 0. The third kappa shape index (κ3) is 2.60. The Morgan fingerprint density at radius 1 is 1.00 bits per heavy atom. The van der Waals surface area contributed by atoms with Crippen LogP contribution < -0.4 is 0 Å². The highest BCUT2D eigenvalue weighted by Crippen LogP contribution is 2.19. The third-order valence-corrected chi connectivity index (χ3v) is 3.10. The van der Waals surface area contributed by atoms with Gasteiger partial charge in [0.1, 0.15) is 0 Å². The maximum atomic E-state index is 9.29. The lowest BCUT2D eigenvalue weighted by Crippen LogP contribution is -2.04. The molecule has 4 heteroatoms. The topological polar surface area (TPSA) is 50.9 Å². The highest BCUT2D eigenvalue weighted by molar-refractivity contribution is 5.55. The summed E-state index contributed by atoms with van der Waals surface area (Å²) in [4.78, 5) is 4.36. The number of aromatic nitrogens is 3. The van der Waals surface area contributed by atoms with Crippen molar-refractivity contribution in [1.29, 1.82) is 0 Å². The molecule has 0 radical (unpaired) electrons. The van der Waals surface area contributed by atoms with Crippen LogP contribution in [0, 0.1) is 0 Å². The molecule has 0 unspecified atom stereocenters. The molecule has 0 saturated carbocycles. The minimum atomic E-state index is -0.0678. The van der Waals surface area contributed by atoms with E-state index in [1.807, 2.05) is 47.1 Å². The van der Waals surface area contributed by atoms with Gasteiger partial charge in [0.2, 0.25) is 0 Å². The molecule has 0 aliphatic heterocycles. The van der Waals surface area contributed by atoms with Gasteiger partial charge in [0.25, 0.3) is 0 Å². The number of benzene rings is 1. The second kappa shape index (κ2) is 5.67. The highest BCUT2D eigenvalue weighted by atomic mass is 16.3. The number of aliphatic hydroxyl groups is 1. The van der Waals surface area contributed by atoms with E-state index in [1.54, 1.807) is 6.20 Å². The first-order chi connectivity index (χ1) is 9.86. The lowest BCUT2D eigenvalue weighted by Gasteiger charge is -2.07. The molecule has 0 aliphatic rings.